The van der Waals surface area contributed by atoms with Gasteiger partial charge in [0.1, 0.15) is 0 Å². The van der Waals surface area contributed by atoms with Crippen molar-refractivity contribution in [2.24, 2.45) is 0 Å². The molecule has 3 rings (SSSR count). The third-order valence-corrected chi connectivity index (χ3v) is 3.66. The number of nitrogens with one attached hydrogen (secondary N) is 3. The third-order valence-electron chi connectivity index (χ3n) is 3.66. The highest BCUT2D eigenvalue weighted by atomic mass is 16.2. The molecular formula is C18H18N4O2. The Labute approximate surface area is 139 Å². The quantitative estimate of drug-likeness (QED) is 0.649. The molecule has 0 aliphatic rings. The standard InChI is InChI=1S/C18H18N4O2/c23-16(20-12-13-6-2-1-3-7-13)10-11-19-18(24)17-14-8-4-5-9-15(14)21-22-17/h1-9H,10-12H2,(H,19,24)(H,20,23)(H,21,22). The SMILES string of the molecule is O=C(CCNC(=O)c1n[nH]c2ccccc12)NCc1ccccc1. The van der Waals surface area contributed by atoms with E-state index in [0.29, 0.717) is 12.2 Å². The first-order valence-corrected chi connectivity index (χ1v) is 7.76. The molecule has 0 atom stereocenters. The molecular weight excluding hydrogens is 304 g/mol. The van der Waals surface area contributed by atoms with E-state index in [4.69, 9.17) is 0 Å². The van der Waals surface area contributed by atoms with Gasteiger partial charge in [-0.05, 0) is 11.6 Å². The zero-order valence-corrected chi connectivity index (χ0v) is 13.1. The van der Waals surface area contributed by atoms with E-state index >= 15 is 0 Å². The van der Waals surface area contributed by atoms with Crippen LogP contribution in [0, 0.1) is 0 Å². The number of hydrogen-bond donors (Lipinski definition) is 3. The van der Waals surface area contributed by atoms with Gasteiger partial charge in [-0.3, -0.25) is 14.7 Å². The van der Waals surface area contributed by atoms with Crippen LogP contribution in [0.2, 0.25) is 0 Å². The molecule has 0 spiro atoms. The zero-order chi connectivity index (χ0) is 16.8. The van der Waals surface area contributed by atoms with Gasteiger partial charge in [-0.1, -0.05) is 48.5 Å². The summed E-state index contributed by atoms with van der Waals surface area (Å²) in [7, 11) is 0. The number of carbonyl (C=O) groups excluding carboxylic acids is 2. The predicted octanol–water partition coefficient (Wildman–Crippen LogP) is 2.00. The molecule has 0 aliphatic heterocycles. The van der Waals surface area contributed by atoms with Crippen molar-refractivity contribution in [3.05, 3.63) is 65.9 Å². The second-order valence-electron chi connectivity index (χ2n) is 5.39. The Hall–Kier alpha value is -3.15. The highest BCUT2D eigenvalue weighted by Crippen LogP contribution is 2.14. The summed E-state index contributed by atoms with van der Waals surface area (Å²) >= 11 is 0. The molecule has 3 N–H and O–H groups in total. The molecule has 1 heterocycles. The lowest BCUT2D eigenvalue weighted by molar-refractivity contribution is -0.121. The van der Waals surface area contributed by atoms with Crippen molar-refractivity contribution in [2.45, 2.75) is 13.0 Å². The molecule has 3 aromatic rings. The molecule has 1 aromatic heterocycles. The molecule has 0 saturated heterocycles. The maximum absolute atomic E-state index is 12.2. The number of fused-ring (bicyclic) bond motifs is 1. The van der Waals surface area contributed by atoms with Crippen LogP contribution in [0.1, 0.15) is 22.5 Å². The van der Waals surface area contributed by atoms with Crippen LogP contribution in [0.15, 0.2) is 54.6 Å². The van der Waals surface area contributed by atoms with Gasteiger partial charge in [-0.15, -0.1) is 0 Å². The van der Waals surface area contributed by atoms with E-state index in [1.807, 2.05) is 54.6 Å². The van der Waals surface area contributed by atoms with Crippen LogP contribution in [0.5, 0.6) is 0 Å². The highest BCUT2D eigenvalue weighted by Gasteiger charge is 2.13. The zero-order valence-electron chi connectivity index (χ0n) is 13.1. The first-order valence-electron chi connectivity index (χ1n) is 7.76. The van der Waals surface area contributed by atoms with E-state index in [2.05, 4.69) is 20.8 Å². The van der Waals surface area contributed by atoms with Gasteiger partial charge in [-0.25, -0.2) is 0 Å². The fourth-order valence-corrected chi connectivity index (χ4v) is 2.39. The average Bonchev–Trinajstić information content (AvgIpc) is 3.05. The summed E-state index contributed by atoms with van der Waals surface area (Å²) in [5.41, 5.74) is 2.19. The molecule has 6 heteroatoms. The summed E-state index contributed by atoms with van der Waals surface area (Å²) in [6.07, 6.45) is 0.223. The van der Waals surface area contributed by atoms with Gasteiger partial charge < -0.3 is 10.6 Å². The minimum Gasteiger partial charge on any atom is -0.352 e. The van der Waals surface area contributed by atoms with Gasteiger partial charge in [-0.2, -0.15) is 5.10 Å². The first kappa shape index (κ1) is 15.7. The lowest BCUT2D eigenvalue weighted by Gasteiger charge is -2.06. The molecule has 2 amide bonds. The number of rotatable bonds is 6. The van der Waals surface area contributed by atoms with Crippen molar-refractivity contribution in [1.82, 2.24) is 20.8 Å². The number of hydrogen-bond acceptors (Lipinski definition) is 3. The van der Waals surface area contributed by atoms with Crippen LogP contribution in [-0.4, -0.2) is 28.6 Å². The molecule has 0 radical (unpaired) electrons. The second-order valence-corrected chi connectivity index (χ2v) is 5.39. The minimum absolute atomic E-state index is 0.106. The van der Waals surface area contributed by atoms with Crippen LogP contribution in [0.3, 0.4) is 0 Å². The number of carbonyl (C=O) groups is 2. The number of aromatic amines is 1. The lowest BCUT2D eigenvalue weighted by atomic mass is 10.2. The number of aromatic nitrogens is 2. The number of nitrogens with zero attached hydrogens (tertiary/aromatic N) is 1. The molecule has 0 fully saturated rings. The molecule has 6 nitrogen and oxygen atoms in total. The van der Waals surface area contributed by atoms with Crippen molar-refractivity contribution in [3.63, 3.8) is 0 Å². The van der Waals surface area contributed by atoms with E-state index < -0.39 is 0 Å². The Kier molecular flexibility index (Phi) is 4.86. The maximum Gasteiger partial charge on any atom is 0.272 e. The number of benzene rings is 2. The van der Waals surface area contributed by atoms with E-state index in [1.165, 1.54) is 0 Å². The number of H-pyrrole nitrogens is 1. The molecule has 0 bridgehead atoms. The Morgan fingerprint density at radius 2 is 1.71 bits per heavy atom. The van der Waals surface area contributed by atoms with Crippen LogP contribution in [0.25, 0.3) is 10.9 Å². The topological polar surface area (TPSA) is 86.9 Å². The largest absolute Gasteiger partial charge is 0.352 e. The molecule has 0 aliphatic carbocycles. The average molecular weight is 322 g/mol. The summed E-state index contributed by atoms with van der Waals surface area (Å²) in [5.74, 6) is -0.394. The van der Waals surface area contributed by atoms with Crippen LogP contribution >= 0.6 is 0 Å². The van der Waals surface area contributed by atoms with E-state index in [1.54, 1.807) is 0 Å². The Morgan fingerprint density at radius 3 is 2.54 bits per heavy atom. The Balaban J connectivity index is 1.46. The fourth-order valence-electron chi connectivity index (χ4n) is 2.39. The van der Waals surface area contributed by atoms with Crippen molar-refractivity contribution >= 4 is 22.7 Å². The van der Waals surface area contributed by atoms with E-state index in [9.17, 15) is 9.59 Å². The van der Waals surface area contributed by atoms with E-state index in [-0.39, 0.29) is 24.8 Å². The van der Waals surface area contributed by atoms with Crippen molar-refractivity contribution in [2.75, 3.05) is 6.54 Å². The highest BCUT2D eigenvalue weighted by molar-refractivity contribution is 6.04. The maximum atomic E-state index is 12.2. The monoisotopic (exact) mass is 322 g/mol. The molecule has 2 aromatic carbocycles. The first-order chi connectivity index (χ1) is 11.7. The Bertz CT molecular complexity index is 842. The van der Waals surface area contributed by atoms with E-state index in [0.717, 1.165) is 16.5 Å². The summed E-state index contributed by atoms with van der Waals surface area (Å²) in [6, 6.07) is 17.1. The summed E-state index contributed by atoms with van der Waals surface area (Å²) in [4.78, 5) is 24.0. The predicted molar refractivity (Wildman–Crippen MR) is 91.3 cm³/mol. The summed E-state index contributed by atoms with van der Waals surface area (Å²) < 4.78 is 0. The minimum atomic E-state index is -0.289. The number of para-hydroxylation sites is 1. The van der Waals surface area contributed by atoms with Crippen molar-refractivity contribution < 1.29 is 9.59 Å². The third kappa shape index (κ3) is 3.78. The fraction of sp³-hybridized carbons (Fsp3) is 0.167. The molecule has 24 heavy (non-hydrogen) atoms. The summed E-state index contributed by atoms with van der Waals surface area (Å²) in [6.45, 7) is 0.748. The molecule has 122 valence electrons. The van der Waals surface area contributed by atoms with Gasteiger partial charge in [0.25, 0.3) is 5.91 Å². The Morgan fingerprint density at radius 1 is 0.958 bits per heavy atom. The van der Waals surface area contributed by atoms with Gasteiger partial charge in [0.2, 0.25) is 5.91 Å². The van der Waals surface area contributed by atoms with Crippen LogP contribution in [-0.2, 0) is 11.3 Å². The van der Waals surface area contributed by atoms with Gasteiger partial charge in [0.05, 0.1) is 5.52 Å². The van der Waals surface area contributed by atoms with Crippen molar-refractivity contribution in [3.8, 4) is 0 Å². The van der Waals surface area contributed by atoms with Gasteiger partial charge >= 0.3 is 0 Å². The van der Waals surface area contributed by atoms with Crippen molar-refractivity contribution in [1.29, 1.82) is 0 Å². The number of amides is 2. The lowest BCUT2D eigenvalue weighted by Crippen LogP contribution is -2.30. The smallest absolute Gasteiger partial charge is 0.272 e. The molecule has 0 unspecified atom stereocenters. The summed E-state index contributed by atoms with van der Waals surface area (Å²) in [5, 5.41) is 13.2. The van der Waals surface area contributed by atoms with Gasteiger partial charge in [0, 0.05) is 24.9 Å². The molecule has 0 saturated carbocycles. The normalized spacial score (nSPS) is 10.5. The van der Waals surface area contributed by atoms with Gasteiger partial charge in [0.15, 0.2) is 5.69 Å². The van der Waals surface area contributed by atoms with Crippen LogP contribution < -0.4 is 10.6 Å². The van der Waals surface area contributed by atoms with Crippen LogP contribution in [0.4, 0.5) is 0 Å². The second kappa shape index (κ2) is 7.41.